The van der Waals surface area contributed by atoms with Gasteiger partial charge in [-0.15, -0.1) is 0 Å². The lowest BCUT2D eigenvalue weighted by Gasteiger charge is -2.18. The van der Waals surface area contributed by atoms with E-state index in [1.54, 1.807) is 4.68 Å². The molecule has 1 saturated heterocycles. The molecule has 1 N–H and O–H groups in total. The van der Waals surface area contributed by atoms with Crippen LogP contribution in [-0.4, -0.2) is 39.1 Å². The SMILES string of the molecule is Cc1cc(C)n([C@@H](C)C(=O)Nc2ccc(N3CCCC3)c3nonc23)n1. The molecule has 3 aromatic rings. The van der Waals surface area contributed by atoms with Crippen molar-refractivity contribution in [1.29, 1.82) is 0 Å². The fraction of sp³-hybridized carbons (Fsp3) is 0.444. The third kappa shape index (κ3) is 2.81. The third-order valence-electron chi connectivity index (χ3n) is 4.89. The molecule has 0 aliphatic carbocycles. The highest BCUT2D eigenvalue weighted by atomic mass is 16.6. The Morgan fingerprint density at radius 3 is 2.62 bits per heavy atom. The van der Waals surface area contributed by atoms with Crippen molar-refractivity contribution >= 4 is 28.3 Å². The highest BCUT2D eigenvalue weighted by Gasteiger charge is 2.22. The van der Waals surface area contributed by atoms with E-state index < -0.39 is 6.04 Å². The Bertz CT molecular complexity index is 954. The van der Waals surface area contributed by atoms with E-state index in [2.05, 4.69) is 25.6 Å². The normalized spacial score (nSPS) is 15.6. The van der Waals surface area contributed by atoms with Crippen LogP contribution < -0.4 is 10.2 Å². The number of nitrogens with zero attached hydrogens (tertiary/aromatic N) is 5. The molecular formula is C18H22N6O2. The van der Waals surface area contributed by atoms with Crippen LogP contribution in [0.1, 0.15) is 37.2 Å². The van der Waals surface area contributed by atoms with Crippen molar-refractivity contribution in [1.82, 2.24) is 20.1 Å². The van der Waals surface area contributed by atoms with E-state index in [4.69, 9.17) is 4.63 Å². The maximum atomic E-state index is 12.7. The summed E-state index contributed by atoms with van der Waals surface area (Å²) in [6.45, 7) is 7.68. The minimum Gasteiger partial charge on any atom is -0.370 e. The summed E-state index contributed by atoms with van der Waals surface area (Å²) < 4.78 is 6.68. The van der Waals surface area contributed by atoms with E-state index in [1.807, 2.05) is 39.0 Å². The standard InChI is InChI=1S/C18H22N6O2/c1-11-10-12(2)24(20-11)13(3)18(25)19-14-6-7-15(23-8-4-5-9-23)17-16(14)21-26-22-17/h6-7,10,13H,4-5,8-9H2,1-3H3,(H,19,25)/t13-/m0/s1. The van der Waals surface area contributed by atoms with E-state index in [0.29, 0.717) is 16.7 Å². The molecule has 1 aliphatic heterocycles. The number of rotatable bonds is 4. The van der Waals surface area contributed by atoms with Gasteiger partial charge >= 0.3 is 0 Å². The largest absolute Gasteiger partial charge is 0.370 e. The van der Waals surface area contributed by atoms with Crippen molar-refractivity contribution in [2.75, 3.05) is 23.3 Å². The second-order valence-corrected chi connectivity index (χ2v) is 6.82. The molecule has 1 atom stereocenters. The lowest BCUT2D eigenvalue weighted by Crippen LogP contribution is -2.25. The molecule has 1 aliphatic rings. The van der Waals surface area contributed by atoms with Crippen LogP contribution in [0.2, 0.25) is 0 Å². The fourth-order valence-electron chi connectivity index (χ4n) is 3.55. The average molecular weight is 354 g/mol. The van der Waals surface area contributed by atoms with Crippen molar-refractivity contribution in [2.45, 2.75) is 39.7 Å². The Labute approximate surface area is 151 Å². The second-order valence-electron chi connectivity index (χ2n) is 6.82. The maximum absolute atomic E-state index is 12.7. The molecule has 26 heavy (non-hydrogen) atoms. The molecule has 1 aromatic carbocycles. The van der Waals surface area contributed by atoms with E-state index in [1.165, 1.54) is 12.8 Å². The fourth-order valence-corrected chi connectivity index (χ4v) is 3.55. The number of aromatic nitrogens is 4. The smallest absolute Gasteiger partial charge is 0.249 e. The number of fused-ring (bicyclic) bond motifs is 1. The monoisotopic (exact) mass is 354 g/mol. The molecule has 0 unspecified atom stereocenters. The van der Waals surface area contributed by atoms with E-state index in [-0.39, 0.29) is 5.91 Å². The summed E-state index contributed by atoms with van der Waals surface area (Å²) in [7, 11) is 0. The number of hydrogen-bond acceptors (Lipinski definition) is 6. The van der Waals surface area contributed by atoms with Crippen molar-refractivity contribution in [3.05, 3.63) is 29.6 Å². The molecule has 0 spiro atoms. The first-order valence-electron chi connectivity index (χ1n) is 8.88. The summed E-state index contributed by atoms with van der Waals surface area (Å²) in [5, 5.41) is 15.4. The molecule has 0 bridgehead atoms. The number of nitrogens with one attached hydrogen (secondary N) is 1. The van der Waals surface area contributed by atoms with Gasteiger partial charge < -0.3 is 10.2 Å². The summed E-state index contributed by atoms with van der Waals surface area (Å²) in [5.41, 5.74) is 4.70. The Balaban J connectivity index is 1.61. The van der Waals surface area contributed by atoms with Gasteiger partial charge in [-0.1, -0.05) is 0 Å². The van der Waals surface area contributed by atoms with Gasteiger partial charge in [0.1, 0.15) is 6.04 Å². The first-order chi connectivity index (χ1) is 12.5. The number of carbonyl (C=O) groups excluding carboxylic acids is 1. The summed E-state index contributed by atoms with van der Waals surface area (Å²) in [5.74, 6) is -0.158. The number of amides is 1. The molecule has 8 heteroatoms. The van der Waals surface area contributed by atoms with Crippen LogP contribution in [0, 0.1) is 13.8 Å². The predicted octanol–water partition coefficient (Wildman–Crippen LogP) is 2.84. The summed E-state index contributed by atoms with van der Waals surface area (Å²) in [6.07, 6.45) is 2.34. The van der Waals surface area contributed by atoms with E-state index in [0.717, 1.165) is 30.2 Å². The van der Waals surface area contributed by atoms with Gasteiger partial charge in [0, 0.05) is 18.8 Å². The molecule has 1 fully saturated rings. The zero-order chi connectivity index (χ0) is 18.3. The number of carbonyl (C=O) groups is 1. The zero-order valence-corrected chi connectivity index (χ0v) is 15.2. The summed E-state index contributed by atoms with van der Waals surface area (Å²) in [4.78, 5) is 15.0. The molecule has 2 aromatic heterocycles. The molecule has 0 saturated carbocycles. The number of aryl methyl sites for hydroxylation is 2. The minimum absolute atomic E-state index is 0.158. The topological polar surface area (TPSA) is 89.1 Å². The quantitative estimate of drug-likeness (QED) is 0.775. The Kier molecular flexibility index (Phi) is 4.10. The van der Waals surface area contributed by atoms with Crippen LogP contribution in [0.3, 0.4) is 0 Å². The average Bonchev–Trinajstić information content (AvgIpc) is 3.35. The molecule has 1 amide bonds. The van der Waals surface area contributed by atoms with Gasteiger partial charge in [0.2, 0.25) is 5.91 Å². The van der Waals surface area contributed by atoms with E-state index >= 15 is 0 Å². The highest BCUT2D eigenvalue weighted by Crippen LogP contribution is 2.32. The third-order valence-corrected chi connectivity index (χ3v) is 4.89. The highest BCUT2D eigenvalue weighted by molar-refractivity contribution is 6.03. The van der Waals surface area contributed by atoms with Crippen LogP contribution >= 0.6 is 0 Å². The molecule has 0 radical (unpaired) electrons. The van der Waals surface area contributed by atoms with Crippen LogP contribution in [0.25, 0.3) is 11.0 Å². The van der Waals surface area contributed by atoms with Crippen molar-refractivity contribution in [2.24, 2.45) is 0 Å². The van der Waals surface area contributed by atoms with Crippen molar-refractivity contribution in [3.63, 3.8) is 0 Å². The van der Waals surface area contributed by atoms with Gasteiger partial charge in [-0.2, -0.15) is 5.10 Å². The molecule has 136 valence electrons. The van der Waals surface area contributed by atoms with Crippen LogP contribution in [-0.2, 0) is 4.79 Å². The van der Waals surface area contributed by atoms with Crippen molar-refractivity contribution < 1.29 is 9.42 Å². The second kappa shape index (κ2) is 6.44. The van der Waals surface area contributed by atoms with Gasteiger partial charge in [0.15, 0.2) is 11.0 Å². The summed E-state index contributed by atoms with van der Waals surface area (Å²) in [6, 6.07) is 5.36. The Morgan fingerprint density at radius 1 is 1.19 bits per heavy atom. The minimum atomic E-state index is -0.433. The van der Waals surface area contributed by atoms with Crippen LogP contribution in [0.4, 0.5) is 11.4 Å². The maximum Gasteiger partial charge on any atom is 0.249 e. The molecule has 3 heterocycles. The predicted molar refractivity (Wildman–Crippen MR) is 98.3 cm³/mol. The Morgan fingerprint density at radius 2 is 1.92 bits per heavy atom. The number of anilines is 2. The van der Waals surface area contributed by atoms with Crippen LogP contribution in [0.5, 0.6) is 0 Å². The molecule has 4 rings (SSSR count). The van der Waals surface area contributed by atoms with E-state index in [9.17, 15) is 4.79 Å². The number of benzene rings is 1. The lowest BCUT2D eigenvalue weighted by atomic mass is 10.2. The first kappa shape index (κ1) is 16.6. The van der Waals surface area contributed by atoms with Gasteiger partial charge in [0.05, 0.1) is 17.1 Å². The van der Waals surface area contributed by atoms with Gasteiger partial charge in [-0.05, 0) is 62.1 Å². The lowest BCUT2D eigenvalue weighted by molar-refractivity contribution is -0.119. The van der Waals surface area contributed by atoms with Gasteiger partial charge in [0.25, 0.3) is 0 Å². The van der Waals surface area contributed by atoms with Crippen molar-refractivity contribution in [3.8, 4) is 0 Å². The summed E-state index contributed by atoms with van der Waals surface area (Å²) >= 11 is 0. The zero-order valence-electron chi connectivity index (χ0n) is 15.2. The Hall–Kier alpha value is -2.90. The van der Waals surface area contributed by atoms with Crippen LogP contribution in [0.15, 0.2) is 22.8 Å². The number of hydrogen-bond donors (Lipinski definition) is 1. The molecule has 8 nitrogen and oxygen atoms in total. The molecular weight excluding hydrogens is 332 g/mol. The van der Waals surface area contributed by atoms with Gasteiger partial charge in [-0.25, -0.2) is 4.63 Å². The first-order valence-corrected chi connectivity index (χ1v) is 8.88. The van der Waals surface area contributed by atoms with Gasteiger partial charge in [-0.3, -0.25) is 9.48 Å².